The van der Waals surface area contributed by atoms with E-state index in [1.165, 1.54) is 0 Å². The van der Waals surface area contributed by atoms with Crippen molar-refractivity contribution in [1.29, 1.82) is 0 Å². The maximum absolute atomic E-state index is 10.4. The van der Waals surface area contributed by atoms with Gasteiger partial charge in [-0.15, -0.1) is 0 Å². The van der Waals surface area contributed by atoms with Crippen molar-refractivity contribution in [2.24, 2.45) is 5.84 Å². The summed E-state index contributed by atoms with van der Waals surface area (Å²) in [6, 6.07) is 3.65. The summed E-state index contributed by atoms with van der Waals surface area (Å²) in [5.74, 6) is 4.75. The number of rotatable bonds is 0. The van der Waals surface area contributed by atoms with E-state index in [1.807, 2.05) is 17.6 Å². The number of hydrazine groups is 1. The van der Waals surface area contributed by atoms with E-state index >= 15 is 0 Å². The monoisotopic (exact) mass is 212 g/mol. The van der Waals surface area contributed by atoms with Crippen LogP contribution in [-0.4, -0.2) is 21.9 Å². The first-order chi connectivity index (χ1) is 6.95. The summed E-state index contributed by atoms with van der Waals surface area (Å²) in [6.45, 7) is 5.30. The zero-order valence-electron chi connectivity index (χ0n) is 9.10. The topological polar surface area (TPSA) is 90.1 Å². The van der Waals surface area contributed by atoms with Crippen LogP contribution in [0.1, 0.15) is 20.8 Å². The summed E-state index contributed by atoms with van der Waals surface area (Å²) >= 11 is 0. The first-order valence-corrected chi connectivity index (χ1v) is 4.37. The van der Waals surface area contributed by atoms with E-state index < -0.39 is 11.7 Å². The fourth-order valence-electron chi connectivity index (χ4n) is 0.561. The van der Waals surface area contributed by atoms with Crippen LogP contribution in [0.4, 0.5) is 4.79 Å². The van der Waals surface area contributed by atoms with Crippen LogP contribution in [0.15, 0.2) is 24.5 Å². The summed E-state index contributed by atoms with van der Waals surface area (Å²) in [5.41, 5.74) is 1.39. The minimum absolute atomic E-state index is 0.469. The number of nitrogens with zero attached hydrogens (tertiary/aromatic N) is 2. The van der Waals surface area contributed by atoms with Gasteiger partial charge in [-0.2, -0.15) is 10.2 Å². The van der Waals surface area contributed by atoms with Gasteiger partial charge in [-0.25, -0.2) is 10.6 Å². The lowest BCUT2D eigenvalue weighted by Crippen LogP contribution is -2.36. The Hall–Kier alpha value is -1.69. The van der Waals surface area contributed by atoms with Crippen molar-refractivity contribution >= 4 is 6.09 Å². The minimum Gasteiger partial charge on any atom is -0.443 e. The Kier molecular flexibility index (Phi) is 5.96. The number of ether oxygens (including phenoxy) is 1. The van der Waals surface area contributed by atoms with Gasteiger partial charge in [-0.05, 0) is 32.9 Å². The number of nitrogens with one attached hydrogen (secondary N) is 1. The van der Waals surface area contributed by atoms with E-state index in [9.17, 15) is 4.79 Å². The fraction of sp³-hybridized carbons (Fsp3) is 0.444. The van der Waals surface area contributed by atoms with Crippen LogP contribution >= 0.6 is 0 Å². The van der Waals surface area contributed by atoms with Crippen LogP contribution in [0.25, 0.3) is 0 Å². The Morgan fingerprint density at radius 2 is 1.73 bits per heavy atom. The Morgan fingerprint density at radius 3 is 1.87 bits per heavy atom. The molecule has 0 unspecified atom stereocenters. The van der Waals surface area contributed by atoms with Crippen LogP contribution in [-0.2, 0) is 4.74 Å². The maximum atomic E-state index is 10.4. The molecular formula is C9H16N4O2. The summed E-state index contributed by atoms with van der Waals surface area (Å²) in [6.07, 6.45) is 2.67. The lowest BCUT2D eigenvalue weighted by atomic mass is 10.2. The third-order valence-corrected chi connectivity index (χ3v) is 1.000. The van der Waals surface area contributed by atoms with Crippen LogP contribution < -0.4 is 11.3 Å². The van der Waals surface area contributed by atoms with Gasteiger partial charge in [0.1, 0.15) is 5.60 Å². The van der Waals surface area contributed by atoms with Crippen molar-refractivity contribution in [2.45, 2.75) is 26.4 Å². The van der Waals surface area contributed by atoms with E-state index in [0.29, 0.717) is 0 Å². The number of hydrogen-bond acceptors (Lipinski definition) is 5. The molecule has 0 bridgehead atoms. The highest BCUT2D eigenvalue weighted by Gasteiger charge is 2.14. The molecule has 84 valence electrons. The van der Waals surface area contributed by atoms with Crippen molar-refractivity contribution < 1.29 is 9.53 Å². The number of aromatic nitrogens is 2. The molecular weight excluding hydrogens is 196 g/mol. The molecule has 0 aromatic carbocycles. The zero-order valence-corrected chi connectivity index (χ0v) is 9.10. The van der Waals surface area contributed by atoms with E-state index in [1.54, 1.807) is 33.2 Å². The molecule has 0 aliphatic rings. The predicted octanol–water partition coefficient (Wildman–Crippen LogP) is 0.861. The van der Waals surface area contributed by atoms with Crippen LogP contribution in [0.5, 0.6) is 0 Å². The van der Waals surface area contributed by atoms with Gasteiger partial charge in [0.25, 0.3) is 0 Å². The second-order valence-electron chi connectivity index (χ2n) is 3.56. The minimum atomic E-state index is -0.609. The smallest absolute Gasteiger partial charge is 0.421 e. The predicted molar refractivity (Wildman–Crippen MR) is 55.6 cm³/mol. The summed E-state index contributed by atoms with van der Waals surface area (Å²) in [4.78, 5) is 10.4. The van der Waals surface area contributed by atoms with Gasteiger partial charge in [0.2, 0.25) is 0 Å². The molecule has 0 atom stereocenters. The highest BCUT2D eigenvalue weighted by atomic mass is 16.6. The third kappa shape index (κ3) is 10.2. The molecule has 1 amide bonds. The molecule has 6 heteroatoms. The van der Waals surface area contributed by atoms with Gasteiger partial charge in [0.15, 0.2) is 0 Å². The maximum Gasteiger partial charge on any atom is 0.421 e. The SMILES string of the molecule is CC(C)(C)OC(=O)NN.c1ccnnc1. The van der Waals surface area contributed by atoms with Crippen molar-refractivity contribution in [3.05, 3.63) is 24.5 Å². The molecule has 0 fully saturated rings. The molecule has 6 nitrogen and oxygen atoms in total. The molecule has 1 heterocycles. The van der Waals surface area contributed by atoms with Crippen LogP contribution in [0.2, 0.25) is 0 Å². The molecule has 1 rings (SSSR count). The van der Waals surface area contributed by atoms with Crippen LogP contribution in [0, 0.1) is 0 Å². The molecule has 15 heavy (non-hydrogen) atoms. The third-order valence-electron chi connectivity index (χ3n) is 1.000. The first-order valence-electron chi connectivity index (χ1n) is 4.37. The number of carbonyl (C=O) groups is 1. The molecule has 1 aromatic rings. The number of hydrogen-bond donors (Lipinski definition) is 2. The second kappa shape index (κ2) is 6.72. The highest BCUT2D eigenvalue weighted by molar-refractivity contribution is 5.66. The second-order valence-corrected chi connectivity index (χ2v) is 3.56. The molecule has 3 N–H and O–H groups in total. The summed E-state index contributed by atoms with van der Waals surface area (Å²) < 4.78 is 4.71. The normalized spacial score (nSPS) is 9.60. The lowest BCUT2D eigenvalue weighted by Gasteiger charge is -2.18. The average Bonchev–Trinajstić information content (AvgIpc) is 2.19. The van der Waals surface area contributed by atoms with E-state index in [2.05, 4.69) is 10.2 Å². The molecule has 1 aromatic heterocycles. The van der Waals surface area contributed by atoms with E-state index in [4.69, 9.17) is 10.6 Å². The van der Waals surface area contributed by atoms with Crippen molar-refractivity contribution in [3.8, 4) is 0 Å². The molecule has 0 spiro atoms. The lowest BCUT2D eigenvalue weighted by molar-refractivity contribution is 0.0527. The van der Waals surface area contributed by atoms with Crippen molar-refractivity contribution in [1.82, 2.24) is 15.6 Å². The Morgan fingerprint density at radius 1 is 1.27 bits per heavy atom. The first kappa shape index (κ1) is 13.3. The Bertz CT molecular complexity index is 244. The number of amides is 1. The van der Waals surface area contributed by atoms with Gasteiger partial charge in [-0.3, -0.25) is 5.43 Å². The highest BCUT2D eigenvalue weighted by Crippen LogP contribution is 2.05. The largest absolute Gasteiger partial charge is 0.443 e. The van der Waals surface area contributed by atoms with Gasteiger partial charge in [0, 0.05) is 12.4 Å². The van der Waals surface area contributed by atoms with Crippen molar-refractivity contribution in [2.75, 3.05) is 0 Å². The average molecular weight is 212 g/mol. The fourth-order valence-corrected chi connectivity index (χ4v) is 0.561. The summed E-state index contributed by atoms with van der Waals surface area (Å²) in [5, 5.41) is 7.07. The Labute approximate surface area is 88.8 Å². The van der Waals surface area contributed by atoms with Gasteiger partial charge in [-0.1, -0.05) is 0 Å². The molecule has 0 saturated carbocycles. The Balaban J connectivity index is 0.000000280. The van der Waals surface area contributed by atoms with E-state index in [-0.39, 0.29) is 0 Å². The van der Waals surface area contributed by atoms with Gasteiger partial charge >= 0.3 is 6.09 Å². The quantitative estimate of drug-likeness (QED) is 0.378. The molecule has 0 radical (unpaired) electrons. The molecule has 0 saturated heterocycles. The van der Waals surface area contributed by atoms with Gasteiger partial charge < -0.3 is 4.74 Å². The molecule has 0 aliphatic carbocycles. The number of carbonyl (C=O) groups excluding carboxylic acids is 1. The molecule has 0 aliphatic heterocycles. The number of nitrogens with two attached hydrogens (primary N) is 1. The standard InChI is InChI=1S/C5H12N2O2.C4H4N2/c1-5(2,3)9-4(8)7-6;1-2-4-6-5-3-1/h6H2,1-3H3,(H,7,8);1-4H. The van der Waals surface area contributed by atoms with Crippen molar-refractivity contribution in [3.63, 3.8) is 0 Å². The summed E-state index contributed by atoms with van der Waals surface area (Å²) in [7, 11) is 0. The van der Waals surface area contributed by atoms with Crippen LogP contribution in [0.3, 0.4) is 0 Å². The van der Waals surface area contributed by atoms with Gasteiger partial charge in [0.05, 0.1) is 0 Å². The zero-order chi connectivity index (χ0) is 11.7. The van der Waals surface area contributed by atoms with E-state index in [0.717, 1.165) is 0 Å².